The minimum absolute atomic E-state index is 0.0415. The smallest absolute Gasteiger partial charge is 0.263 e. The molecule has 1 aromatic heterocycles. The van der Waals surface area contributed by atoms with Gasteiger partial charge in [-0.3, -0.25) is 4.72 Å². The van der Waals surface area contributed by atoms with Gasteiger partial charge < -0.3 is 10.3 Å². The summed E-state index contributed by atoms with van der Waals surface area (Å²) < 4.78 is 42.4. The van der Waals surface area contributed by atoms with Gasteiger partial charge in [-0.2, -0.15) is 0 Å². The van der Waals surface area contributed by atoms with Gasteiger partial charge in [0.2, 0.25) is 0 Å². The van der Waals surface area contributed by atoms with Gasteiger partial charge in [-0.05, 0) is 24.3 Å². The fourth-order valence-corrected chi connectivity index (χ4v) is 3.22. The predicted molar refractivity (Wildman–Crippen MR) is 78.2 cm³/mol. The average molecular weight is 362 g/mol. The molecule has 0 aliphatic rings. The van der Waals surface area contributed by atoms with Crippen LogP contribution in [0.15, 0.2) is 39.8 Å². The molecule has 108 valence electrons. The lowest BCUT2D eigenvalue weighted by Gasteiger charge is -2.07. The number of hydrogen-bond donors (Lipinski definition) is 2. The van der Waals surface area contributed by atoms with E-state index in [0.29, 0.717) is 10.2 Å². The molecule has 0 unspecified atom stereocenters. The van der Waals surface area contributed by atoms with Crippen LogP contribution in [0.3, 0.4) is 0 Å². The molecule has 0 radical (unpaired) electrons. The molecule has 2 rings (SSSR count). The summed E-state index contributed by atoms with van der Waals surface area (Å²) in [6.07, 6.45) is 1.43. The summed E-state index contributed by atoms with van der Waals surface area (Å²) in [6.45, 7) is 0.220. The lowest BCUT2D eigenvalue weighted by atomic mass is 10.3. The molecule has 0 bridgehead atoms. The summed E-state index contributed by atoms with van der Waals surface area (Å²) in [7, 11) is -2.16. The molecular formula is C12H13BrFN3O2S. The summed E-state index contributed by atoms with van der Waals surface area (Å²) in [6, 6.07) is 5.48. The quantitative estimate of drug-likeness (QED) is 0.875. The van der Waals surface area contributed by atoms with E-state index < -0.39 is 15.8 Å². The van der Waals surface area contributed by atoms with Crippen LogP contribution >= 0.6 is 15.9 Å². The molecule has 0 amide bonds. The van der Waals surface area contributed by atoms with Gasteiger partial charge in [0.15, 0.2) is 0 Å². The van der Waals surface area contributed by atoms with E-state index >= 15 is 0 Å². The van der Waals surface area contributed by atoms with Crippen molar-refractivity contribution in [1.82, 2.24) is 4.57 Å². The van der Waals surface area contributed by atoms with Crippen molar-refractivity contribution in [3.8, 4) is 0 Å². The average Bonchev–Trinajstić information content (AvgIpc) is 2.76. The highest BCUT2D eigenvalue weighted by molar-refractivity contribution is 9.10. The van der Waals surface area contributed by atoms with Crippen LogP contribution in [0.25, 0.3) is 0 Å². The molecule has 0 saturated heterocycles. The van der Waals surface area contributed by atoms with Crippen molar-refractivity contribution in [3.05, 3.63) is 46.4 Å². The fourth-order valence-electron chi connectivity index (χ4n) is 1.71. The Morgan fingerprint density at radius 3 is 2.70 bits per heavy atom. The van der Waals surface area contributed by atoms with Crippen LogP contribution in [0.5, 0.6) is 0 Å². The minimum atomic E-state index is -3.85. The fraction of sp³-hybridized carbons (Fsp3) is 0.167. The van der Waals surface area contributed by atoms with Crippen LogP contribution in [0.4, 0.5) is 10.1 Å². The van der Waals surface area contributed by atoms with Crippen LogP contribution in [0.1, 0.15) is 5.69 Å². The van der Waals surface area contributed by atoms with E-state index in [1.807, 2.05) is 0 Å². The third-order valence-electron chi connectivity index (χ3n) is 2.77. The topological polar surface area (TPSA) is 77.1 Å². The highest BCUT2D eigenvalue weighted by Gasteiger charge is 2.19. The molecule has 5 nitrogen and oxygen atoms in total. The Morgan fingerprint density at radius 2 is 2.10 bits per heavy atom. The van der Waals surface area contributed by atoms with Crippen LogP contribution in [0, 0.1) is 5.82 Å². The Bertz CT molecular complexity index is 743. The number of halogens is 2. The van der Waals surface area contributed by atoms with Gasteiger partial charge in [-0.15, -0.1) is 0 Å². The van der Waals surface area contributed by atoms with Crippen LogP contribution in [0.2, 0.25) is 0 Å². The monoisotopic (exact) mass is 361 g/mol. The second kappa shape index (κ2) is 5.55. The zero-order valence-corrected chi connectivity index (χ0v) is 13.0. The highest BCUT2D eigenvalue weighted by Crippen LogP contribution is 2.23. The highest BCUT2D eigenvalue weighted by atomic mass is 79.9. The first-order valence-corrected chi connectivity index (χ1v) is 7.94. The minimum Gasteiger partial charge on any atom is -0.352 e. The van der Waals surface area contributed by atoms with Crippen LogP contribution < -0.4 is 10.5 Å². The van der Waals surface area contributed by atoms with E-state index in [0.717, 1.165) is 0 Å². The lowest BCUT2D eigenvalue weighted by molar-refractivity contribution is 0.598. The largest absolute Gasteiger partial charge is 0.352 e. The molecular weight excluding hydrogens is 349 g/mol. The number of nitrogens with two attached hydrogens (primary N) is 1. The van der Waals surface area contributed by atoms with E-state index in [4.69, 9.17) is 5.73 Å². The first kappa shape index (κ1) is 15.0. The van der Waals surface area contributed by atoms with Gasteiger partial charge >= 0.3 is 0 Å². The van der Waals surface area contributed by atoms with Crippen molar-refractivity contribution in [2.45, 2.75) is 11.4 Å². The third-order valence-corrected chi connectivity index (χ3v) is 4.60. The van der Waals surface area contributed by atoms with Gasteiger partial charge in [0.05, 0.1) is 5.69 Å². The van der Waals surface area contributed by atoms with Gasteiger partial charge in [0.25, 0.3) is 10.0 Å². The third kappa shape index (κ3) is 3.02. The molecule has 3 N–H and O–H groups in total. The molecule has 8 heteroatoms. The Labute approximate surface area is 124 Å². The van der Waals surface area contributed by atoms with Crippen molar-refractivity contribution in [2.24, 2.45) is 12.8 Å². The van der Waals surface area contributed by atoms with E-state index in [1.54, 1.807) is 11.6 Å². The van der Waals surface area contributed by atoms with E-state index in [9.17, 15) is 12.8 Å². The van der Waals surface area contributed by atoms with Crippen molar-refractivity contribution < 1.29 is 12.8 Å². The molecule has 1 aromatic carbocycles. The van der Waals surface area contributed by atoms with Crippen LogP contribution in [-0.2, 0) is 23.6 Å². The predicted octanol–water partition coefficient (Wildman–Crippen LogP) is 2.19. The van der Waals surface area contributed by atoms with Gasteiger partial charge in [-0.25, -0.2) is 12.8 Å². The van der Waals surface area contributed by atoms with Crippen molar-refractivity contribution in [2.75, 3.05) is 4.72 Å². The molecule has 0 aliphatic carbocycles. The van der Waals surface area contributed by atoms with E-state index in [1.165, 1.54) is 30.5 Å². The van der Waals surface area contributed by atoms with Gasteiger partial charge in [-0.1, -0.05) is 15.9 Å². The Hall–Kier alpha value is -1.38. The summed E-state index contributed by atoms with van der Waals surface area (Å²) in [5, 5.41) is 0. The Morgan fingerprint density at radius 1 is 1.40 bits per heavy atom. The number of aryl methyl sites for hydroxylation is 1. The van der Waals surface area contributed by atoms with E-state index in [2.05, 4.69) is 20.7 Å². The normalized spacial score (nSPS) is 11.6. The van der Waals surface area contributed by atoms with Crippen LogP contribution in [-0.4, -0.2) is 13.0 Å². The molecule has 20 heavy (non-hydrogen) atoms. The number of anilines is 1. The Kier molecular flexibility index (Phi) is 4.17. The number of benzene rings is 1. The number of rotatable bonds is 4. The number of aromatic nitrogens is 1. The standard InChI is InChI=1S/C12H13BrFN3O2S/c1-17-7-10(5-9(17)6-15)20(18,19)16-12-4-8(13)2-3-11(12)14/h2-5,7,16H,6,15H2,1H3. The maximum Gasteiger partial charge on any atom is 0.263 e. The van der Waals surface area contributed by atoms with Gasteiger partial charge in [0, 0.05) is 30.0 Å². The molecule has 1 heterocycles. The molecule has 0 spiro atoms. The number of hydrogen-bond acceptors (Lipinski definition) is 3. The summed E-state index contributed by atoms with van der Waals surface area (Å²) in [5.74, 6) is -0.647. The van der Waals surface area contributed by atoms with E-state index in [-0.39, 0.29) is 17.1 Å². The van der Waals surface area contributed by atoms with Crippen molar-refractivity contribution in [3.63, 3.8) is 0 Å². The Balaban J connectivity index is 2.37. The number of nitrogens with zero attached hydrogens (tertiary/aromatic N) is 1. The molecule has 0 fully saturated rings. The zero-order chi connectivity index (χ0) is 14.9. The molecule has 0 atom stereocenters. The SMILES string of the molecule is Cn1cc(S(=O)(=O)Nc2cc(Br)ccc2F)cc1CN. The van der Waals surface area contributed by atoms with Crippen molar-refractivity contribution in [1.29, 1.82) is 0 Å². The first-order valence-electron chi connectivity index (χ1n) is 5.66. The number of sulfonamides is 1. The molecule has 0 saturated carbocycles. The maximum absolute atomic E-state index is 13.6. The molecule has 0 aliphatic heterocycles. The maximum atomic E-state index is 13.6. The van der Waals surface area contributed by atoms with Gasteiger partial charge in [0.1, 0.15) is 10.7 Å². The second-order valence-electron chi connectivity index (χ2n) is 4.21. The molecule has 2 aromatic rings. The summed E-state index contributed by atoms with van der Waals surface area (Å²) >= 11 is 3.16. The first-order chi connectivity index (χ1) is 9.33. The second-order valence-corrected chi connectivity index (χ2v) is 6.81. The zero-order valence-electron chi connectivity index (χ0n) is 10.6. The summed E-state index contributed by atoms with van der Waals surface area (Å²) in [5.41, 5.74) is 6.05. The summed E-state index contributed by atoms with van der Waals surface area (Å²) in [4.78, 5) is 0.0415. The number of nitrogens with one attached hydrogen (secondary N) is 1. The lowest BCUT2D eigenvalue weighted by Crippen LogP contribution is -2.13. The van der Waals surface area contributed by atoms with Crippen molar-refractivity contribution >= 4 is 31.6 Å².